The molecule has 1 aromatic carbocycles. The Morgan fingerprint density at radius 3 is 2.72 bits per heavy atom. The largest absolute Gasteiger partial charge is 0.478 e. The molecular formula is C13H17FN2O2. The van der Waals surface area contributed by atoms with Crippen LogP contribution in [0.3, 0.4) is 0 Å². The number of benzene rings is 1. The highest BCUT2D eigenvalue weighted by Gasteiger charge is 2.34. The first-order valence-electron chi connectivity index (χ1n) is 5.94. The van der Waals surface area contributed by atoms with E-state index in [9.17, 15) is 9.18 Å². The molecule has 0 bridgehead atoms. The average molecular weight is 252 g/mol. The molecule has 2 atom stereocenters. The van der Waals surface area contributed by atoms with Gasteiger partial charge in [-0.2, -0.15) is 0 Å². The van der Waals surface area contributed by atoms with Crippen molar-refractivity contribution in [1.29, 1.82) is 0 Å². The number of rotatable bonds is 4. The van der Waals surface area contributed by atoms with E-state index < -0.39 is 11.8 Å². The lowest BCUT2D eigenvalue weighted by molar-refractivity contribution is 0.0698. The quantitative estimate of drug-likeness (QED) is 0.806. The highest BCUT2D eigenvalue weighted by Crippen LogP contribution is 2.39. The zero-order valence-corrected chi connectivity index (χ0v) is 10.5. The third kappa shape index (κ3) is 2.25. The minimum atomic E-state index is -1.20. The van der Waals surface area contributed by atoms with Gasteiger partial charge < -0.3 is 15.7 Å². The number of carboxylic acids is 1. The van der Waals surface area contributed by atoms with Crippen molar-refractivity contribution in [3.63, 3.8) is 0 Å². The molecule has 0 aliphatic heterocycles. The van der Waals surface area contributed by atoms with Gasteiger partial charge in [-0.15, -0.1) is 0 Å². The van der Waals surface area contributed by atoms with Gasteiger partial charge in [-0.3, -0.25) is 0 Å². The van der Waals surface area contributed by atoms with Crippen molar-refractivity contribution in [2.75, 3.05) is 24.2 Å². The number of nitrogens with two attached hydrogens (primary N) is 1. The predicted molar refractivity (Wildman–Crippen MR) is 68.3 cm³/mol. The fraction of sp³-hybridized carbons (Fsp3) is 0.462. The molecule has 0 aromatic heterocycles. The zero-order valence-electron chi connectivity index (χ0n) is 10.5. The molecule has 2 rings (SSSR count). The Hall–Kier alpha value is -1.78. The second-order valence-corrected chi connectivity index (χ2v) is 5.01. The van der Waals surface area contributed by atoms with Crippen molar-refractivity contribution in [1.82, 2.24) is 0 Å². The van der Waals surface area contributed by atoms with E-state index in [4.69, 9.17) is 10.8 Å². The minimum absolute atomic E-state index is 0.147. The van der Waals surface area contributed by atoms with Gasteiger partial charge in [0, 0.05) is 13.6 Å². The molecule has 1 aromatic rings. The zero-order chi connectivity index (χ0) is 13.4. The van der Waals surface area contributed by atoms with Crippen molar-refractivity contribution < 1.29 is 14.3 Å². The van der Waals surface area contributed by atoms with Crippen molar-refractivity contribution in [3.05, 3.63) is 23.5 Å². The lowest BCUT2D eigenvalue weighted by Crippen LogP contribution is -2.23. The summed E-state index contributed by atoms with van der Waals surface area (Å²) in [7, 11) is 1.81. The van der Waals surface area contributed by atoms with Crippen LogP contribution in [0.25, 0.3) is 0 Å². The summed E-state index contributed by atoms with van der Waals surface area (Å²) >= 11 is 0. The van der Waals surface area contributed by atoms with E-state index in [1.807, 2.05) is 11.9 Å². The summed E-state index contributed by atoms with van der Waals surface area (Å²) in [5.74, 6) is -0.622. The van der Waals surface area contributed by atoms with E-state index >= 15 is 0 Å². The lowest BCUT2D eigenvalue weighted by atomic mass is 10.1. The van der Waals surface area contributed by atoms with Gasteiger partial charge in [0.15, 0.2) is 0 Å². The SMILES string of the molecule is CC1CC1CN(C)c1ccc(F)c(N)c1C(=O)O. The van der Waals surface area contributed by atoms with Crippen LogP contribution in [0.2, 0.25) is 0 Å². The van der Waals surface area contributed by atoms with E-state index in [2.05, 4.69) is 6.92 Å². The molecule has 1 fully saturated rings. The predicted octanol–water partition coefficient (Wildman–Crippen LogP) is 2.20. The summed E-state index contributed by atoms with van der Waals surface area (Å²) in [5.41, 5.74) is 5.54. The molecule has 18 heavy (non-hydrogen) atoms. The fourth-order valence-corrected chi connectivity index (χ4v) is 2.23. The molecule has 5 heteroatoms. The van der Waals surface area contributed by atoms with Crippen LogP contribution in [-0.2, 0) is 0 Å². The third-order valence-corrected chi connectivity index (χ3v) is 3.58. The second kappa shape index (κ2) is 4.48. The van der Waals surface area contributed by atoms with Crippen molar-refractivity contribution >= 4 is 17.3 Å². The Kier molecular flexibility index (Phi) is 3.15. The van der Waals surface area contributed by atoms with Crippen LogP contribution < -0.4 is 10.6 Å². The molecule has 1 aliphatic carbocycles. The van der Waals surface area contributed by atoms with E-state index in [-0.39, 0.29) is 11.3 Å². The molecule has 1 aliphatic rings. The fourth-order valence-electron chi connectivity index (χ4n) is 2.23. The lowest BCUT2D eigenvalue weighted by Gasteiger charge is -2.22. The maximum atomic E-state index is 13.3. The van der Waals surface area contributed by atoms with Crippen LogP contribution in [0.1, 0.15) is 23.7 Å². The Labute approximate surface area is 105 Å². The van der Waals surface area contributed by atoms with Crippen molar-refractivity contribution in [2.45, 2.75) is 13.3 Å². The van der Waals surface area contributed by atoms with Gasteiger partial charge in [0.2, 0.25) is 0 Å². The Morgan fingerprint density at radius 2 is 2.22 bits per heavy atom. The van der Waals surface area contributed by atoms with Crippen LogP contribution in [-0.4, -0.2) is 24.7 Å². The molecule has 4 nitrogen and oxygen atoms in total. The molecule has 98 valence electrons. The molecular weight excluding hydrogens is 235 g/mol. The van der Waals surface area contributed by atoms with Gasteiger partial charge >= 0.3 is 5.97 Å². The second-order valence-electron chi connectivity index (χ2n) is 5.01. The first-order chi connectivity index (χ1) is 8.41. The van der Waals surface area contributed by atoms with Crippen LogP contribution in [0.5, 0.6) is 0 Å². The number of carboxylic acid groups (broad SMARTS) is 1. The van der Waals surface area contributed by atoms with Crippen LogP contribution in [0, 0.1) is 17.7 Å². The van der Waals surface area contributed by atoms with Gasteiger partial charge in [0.1, 0.15) is 11.4 Å². The average Bonchev–Trinajstić information content (AvgIpc) is 2.97. The molecule has 0 saturated heterocycles. The first kappa shape index (κ1) is 12.7. The summed E-state index contributed by atoms with van der Waals surface area (Å²) in [6, 6.07) is 2.69. The topological polar surface area (TPSA) is 66.6 Å². The van der Waals surface area contributed by atoms with Crippen LogP contribution >= 0.6 is 0 Å². The number of hydrogen-bond acceptors (Lipinski definition) is 3. The van der Waals surface area contributed by atoms with Crippen LogP contribution in [0.15, 0.2) is 12.1 Å². The summed E-state index contributed by atoms with van der Waals surface area (Å²) in [4.78, 5) is 13.0. The van der Waals surface area contributed by atoms with Crippen LogP contribution in [0.4, 0.5) is 15.8 Å². The summed E-state index contributed by atoms with van der Waals surface area (Å²) < 4.78 is 13.3. The van der Waals surface area contributed by atoms with Crippen molar-refractivity contribution in [2.24, 2.45) is 11.8 Å². The molecule has 0 spiro atoms. The van der Waals surface area contributed by atoms with E-state index in [1.165, 1.54) is 12.1 Å². The van der Waals surface area contributed by atoms with Gasteiger partial charge in [0.25, 0.3) is 0 Å². The molecule has 0 amide bonds. The monoisotopic (exact) mass is 252 g/mol. The highest BCUT2D eigenvalue weighted by molar-refractivity contribution is 6.00. The highest BCUT2D eigenvalue weighted by atomic mass is 19.1. The number of carbonyl (C=O) groups is 1. The summed E-state index contributed by atoms with van der Waals surface area (Å²) in [6.07, 6.45) is 1.16. The van der Waals surface area contributed by atoms with Gasteiger partial charge in [-0.25, -0.2) is 9.18 Å². The molecule has 2 unspecified atom stereocenters. The normalized spacial score (nSPS) is 21.7. The van der Waals surface area contributed by atoms with E-state index in [1.54, 1.807) is 0 Å². The molecule has 0 heterocycles. The number of aromatic carboxylic acids is 1. The molecule has 0 radical (unpaired) electrons. The van der Waals surface area contributed by atoms with Crippen molar-refractivity contribution in [3.8, 4) is 0 Å². The standard InChI is InChI=1S/C13H17FN2O2/c1-7-5-8(7)6-16(2)10-4-3-9(14)12(15)11(10)13(17)18/h3-4,7-8H,5-6,15H2,1-2H3,(H,17,18). The molecule has 3 N–H and O–H groups in total. The summed E-state index contributed by atoms with van der Waals surface area (Å²) in [5, 5.41) is 9.15. The first-order valence-corrected chi connectivity index (χ1v) is 5.94. The van der Waals surface area contributed by atoms with E-state index in [0.29, 0.717) is 17.5 Å². The third-order valence-electron chi connectivity index (χ3n) is 3.58. The Balaban J connectivity index is 2.31. The maximum absolute atomic E-state index is 13.3. The minimum Gasteiger partial charge on any atom is -0.478 e. The number of nitrogens with zero attached hydrogens (tertiary/aromatic N) is 1. The number of halogens is 1. The maximum Gasteiger partial charge on any atom is 0.340 e. The summed E-state index contributed by atoms with van der Waals surface area (Å²) in [6.45, 7) is 2.93. The van der Waals surface area contributed by atoms with Gasteiger partial charge in [0.05, 0.1) is 11.4 Å². The smallest absolute Gasteiger partial charge is 0.340 e. The number of nitrogen functional groups attached to an aromatic ring is 1. The molecule has 1 saturated carbocycles. The Morgan fingerprint density at radius 1 is 1.61 bits per heavy atom. The van der Waals surface area contributed by atoms with E-state index in [0.717, 1.165) is 13.0 Å². The van der Waals surface area contributed by atoms with Gasteiger partial charge in [-0.1, -0.05) is 6.92 Å². The number of anilines is 2. The Bertz CT molecular complexity index is 490. The van der Waals surface area contributed by atoms with Gasteiger partial charge in [-0.05, 0) is 30.4 Å². The number of hydrogen-bond donors (Lipinski definition) is 2.